The van der Waals surface area contributed by atoms with Crippen molar-refractivity contribution < 1.29 is 9.59 Å². The van der Waals surface area contributed by atoms with Crippen LogP contribution >= 0.6 is 0 Å². The van der Waals surface area contributed by atoms with E-state index in [1.807, 2.05) is 45.0 Å². The molecule has 2 aliphatic rings. The van der Waals surface area contributed by atoms with Crippen LogP contribution in [0.15, 0.2) is 42.5 Å². The minimum atomic E-state index is -0.326. The fourth-order valence-corrected chi connectivity index (χ4v) is 5.84. The molecule has 2 amide bonds. The molecule has 1 heterocycles. The first-order chi connectivity index (χ1) is 17.7. The monoisotopic (exact) mass is 499 g/mol. The summed E-state index contributed by atoms with van der Waals surface area (Å²) in [6, 6.07) is 14.6. The first-order valence-electron chi connectivity index (χ1n) is 14.1. The molecule has 2 N–H and O–H groups in total. The number of hydrogen-bond acceptors (Lipinski definition) is 2. The molecule has 0 atom stereocenters. The van der Waals surface area contributed by atoms with Crippen LogP contribution in [0, 0.1) is 12.8 Å². The van der Waals surface area contributed by atoms with Gasteiger partial charge in [-0.25, -0.2) is 0 Å². The highest BCUT2D eigenvalue weighted by Gasteiger charge is 2.26. The lowest BCUT2D eigenvalue weighted by Crippen LogP contribution is -2.40. The molecule has 0 bridgehead atoms. The van der Waals surface area contributed by atoms with Crippen LogP contribution in [-0.4, -0.2) is 28.0 Å². The highest BCUT2D eigenvalue weighted by atomic mass is 16.2. The predicted octanol–water partition coefficient (Wildman–Crippen LogP) is 7.01. The maximum Gasteiger partial charge on any atom is 0.253 e. The van der Waals surface area contributed by atoms with E-state index in [0.717, 1.165) is 52.7 Å². The Hall–Kier alpha value is -3.08. The number of amides is 2. The van der Waals surface area contributed by atoms with Crippen molar-refractivity contribution in [1.82, 2.24) is 15.2 Å². The van der Waals surface area contributed by atoms with Crippen molar-refractivity contribution in [3.63, 3.8) is 0 Å². The number of nitrogens with zero attached hydrogens (tertiary/aromatic N) is 1. The van der Waals surface area contributed by atoms with E-state index in [9.17, 15) is 9.59 Å². The fraction of sp³-hybridized carbons (Fsp3) is 0.500. The van der Waals surface area contributed by atoms with Gasteiger partial charge in [-0.15, -0.1) is 0 Å². The number of carbonyl (C=O) groups excluding carboxylic acids is 2. The Morgan fingerprint density at radius 3 is 2.32 bits per heavy atom. The second kappa shape index (κ2) is 10.4. The molecule has 2 saturated carbocycles. The van der Waals surface area contributed by atoms with Crippen LogP contribution in [0.2, 0.25) is 0 Å². The van der Waals surface area contributed by atoms with E-state index in [4.69, 9.17) is 0 Å². The third-order valence-electron chi connectivity index (χ3n) is 8.11. The maximum absolute atomic E-state index is 13.4. The van der Waals surface area contributed by atoms with Crippen molar-refractivity contribution in [3.05, 3.63) is 59.3 Å². The molecule has 0 aliphatic heterocycles. The van der Waals surface area contributed by atoms with Gasteiger partial charge in [-0.05, 0) is 94.7 Å². The number of carbonyl (C=O) groups is 2. The van der Waals surface area contributed by atoms with Crippen LogP contribution in [0.25, 0.3) is 22.0 Å². The van der Waals surface area contributed by atoms with Gasteiger partial charge in [-0.3, -0.25) is 9.59 Å². The smallest absolute Gasteiger partial charge is 0.253 e. The molecular formula is C32H41N3O2. The van der Waals surface area contributed by atoms with E-state index in [-0.39, 0.29) is 17.4 Å². The highest BCUT2D eigenvalue weighted by Crippen LogP contribution is 2.36. The minimum Gasteiger partial charge on any atom is -0.349 e. The van der Waals surface area contributed by atoms with Gasteiger partial charge >= 0.3 is 0 Å². The number of hydrogen-bond donors (Lipinski definition) is 2. The molecule has 3 aromatic rings. The zero-order valence-electron chi connectivity index (χ0n) is 22.8. The van der Waals surface area contributed by atoms with Crippen LogP contribution in [0.1, 0.15) is 98.5 Å². The summed E-state index contributed by atoms with van der Waals surface area (Å²) < 4.78 is 2.36. The third-order valence-corrected chi connectivity index (χ3v) is 8.11. The van der Waals surface area contributed by atoms with Crippen molar-refractivity contribution in [2.24, 2.45) is 5.92 Å². The number of aromatic nitrogens is 1. The first-order valence-corrected chi connectivity index (χ1v) is 14.1. The Balaban J connectivity index is 1.63. The molecule has 5 rings (SSSR count). The van der Waals surface area contributed by atoms with E-state index in [1.54, 1.807) is 0 Å². The Kier molecular flexibility index (Phi) is 7.15. The zero-order valence-corrected chi connectivity index (χ0v) is 22.8. The molecule has 37 heavy (non-hydrogen) atoms. The Bertz CT molecular complexity index is 1300. The topological polar surface area (TPSA) is 63.1 Å². The fourth-order valence-electron chi connectivity index (χ4n) is 5.84. The van der Waals surface area contributed by atoms with Gasteiger partial charge in [0.25, 0.3) is 11.8 Å². The molecule has 2 aliphatic carbocycles. The SMILES string of the molecule is Cc1c(C(=O)NC2CCC2)cc(-c2cc(C(=O)NC(C)(C)C)cc3ccccc23)n1CC1CCCCC1. The van der Waals surface area contributed by atoms with Crippen molar-refractivity contribution in [1.29, 1.82) is 0 Å². The Morgan fingerprint density at radius 2 is 1.65 bits per heavy atom. The third kappa shape index (κ3) is 5.61. The molecular weight excluding hydrogens is 458 g/mol. The molecule has 2 aromatic carbocycles. The van der Waals surface area contributed by atoms with E-state index in [1.165, 1.54) is 38.5 Å². The normalized spacial score (nSPS) is 17.0. The molecule has 5 nitrogen and oxygen atoms in total. The van der Waals surface area contributed by atoms with Gasteiger partial charge in [0.15, 0.2) is 0 Å². The van der Waals surface area contributed by atoms with Gasteiger partial charge in [0.2, 0.25) is 0 Å². The molecule has 0 radical (unpaired) electrons. The minimum absolute atomic E-state index is 0.0248. The summed E-state index contributed by atoms with van der Waals surface area (Å²) in [5.41, 5.74) is 4.14. The molecule has 5 heteroatoms. The summed E-state index contributed by atoms with van der Waals surface area (Å²) in [7, 11) is 0. The van der Waals surface area contributed by atoms with E-state index in [0.29, 0.717) is 17.5 Å². The lowest BCUT2D eigenvalue weighted by molar-refractivity contribution is 0.0908. The quantitative estimate of drug-likeness (QED) is 0.383. The average Bonchev–Trinajstić information content (AvgIpc) is 3.16. The molecule has 0 spiro atoms. The lowest BCUT2D eigenvalue weighted by Gasteiger charge is -2.26. The second-order valence-electron chi connectivity index (χ2n) is 12.2. The largest absolute Gasteiger partial charge is 0.349 e. The number of fused-ring (bicyclic) bond motifs is 1. The zero-order chi connectivity index (χ0) is 26.2. The molecule has 0 saturated heterocycles. The summed E-state index contributed by atoms with van der Waals surface area (Å²) in [5, 5.41) is 8.49. The average molecular weight is 500 g/mol. The lowest BCUT2D eigenvalue weighted by atomic mass is 9.89. The number of benzene rings is 2. The van der Waals surface area contributed by atoms with Gasteiger partial charge in [-0.2, -0.15) is 0 Å². The second-order valence-corrected chi connectivity index (χ2v) is 12.2. The summed E-state index contributed by atoms with van der Waals surface area (Å²) in [6.07, 6.45) is 9.66. The maximum atomic E-state index is 13.4. The number of rotatable bonds is 6. The summed E-state index contributed by atoms with van der Waals surface area (Å²) >= 11 is 0. The first kappa shape index (κ1) is 25.6. The van der Waals surface area contributed by atoms with Gasteiger partial charge in [0, 0.05) is 40.6 Å². The molecule has 2 fully saturated rings. The predicted molar refractivity (Wildman–Crippen MR) is 151 cm³/mol. The van der Waals surface area contributed by atoms with Crippen LogP contribution < -0.4 is 10.6 Å². The van der Waals surface area contributed by atoms with Crippen LogP contribution in [0.3, 0.4) is 0 Å². The Morgan fingerprint density at radius 1 is 0.919 bits per heavy atom. The van der Waals surface area contributed by atoms with Gasteiger partial charge < -0.3 is 15.2 Å². The molecule has 0 unspecified atom stereocenters. The van der Waals surface area contributed by atoms with Crippen LogP contribution in [-0.2, 0) is 6.54 Å². The van der Waals surface area contributed by atoms with E-state index >= 15 is 0 Å². The van der Waals surface area contributed by atoms with Gasteiger partial charge in [-0.1, -0.05) is 43.5 Å². The van der Waals surface area contributed by atoms with Crippen molar-refractivity contribution >= 4 is 22.6 Å². The van der Waals surface area contributed by atoms with E-state index in [2.05, 4.69) is 40.3 Å². The summed E-state index contributed by atoms with van der Waals surface area (Å²) in [4.78, 5) is 26.6. The molecule has 196 valence electrons. The van der Waals surface area contributed by atoms with Crippen molar-refractivity contribution in [2.45, 2.75) is 97.2 Å². The number of nitrogens with one attached hydrogen (secondary N) is 2. The van der Waals surface area contributed by atoms with E-state index < -0.39 is 0 Å². The van der Waals surface area contributed by atoms with Gasteiger partial charge in [0.05, 0.1) is 5.56 Å². The van der Waals surface area contributed by atoms with Crippen molar-refractivity contribution in [2.75, 3.05) is 0 Å². The molecule has 1 aromatic heterocycles. The van der Waals surface area contributed by atoms with Crippen LogP contribution in [0.5, 0.6) is 0 Å². The van der Waals surface area contributed by atoms with Crippen LogP contribution in [0.4, 0.5) is 0 Å². The standard InChI is InChI=1S/C32H41N3O2/c1-21-27(31(37)33-25-14-10-15-25)19-29(35(21)20-22-11-6-5-7-12-22)28-18-24(30(36)34-32(2,3)4)17-23-13-8-9-16-26(23)28/h8-9,13,16-19,22,25H,5-7,10-12,14-15,20H2,1-4H3,(H,33,37)(H,34,36). The highest BCUT2D eigenvalue weighted by molar-refractivity contribution is 6.05. The summed E-state index contributed by atoms with van der Waals surface area (Å²) in [6.45, 7) is 8.99. The van der Waals surface area contributed by atoms with Gasteiger partial charge in [0.1, 0.15) is 0 Å². The summed E-state index contributed by atoms with van der Waals surface area (Å²) in [5.74, 6) is 0.557. The van der Waals surface area contributed by atoms with Crippen molar-refractivity contribution in [3.8, 4) is 11.3 Å². The Labute approximate surface area is 221 Å².